The van der Waals surface area contributed by atoms with Gasteiger partial charge in [-0.05, 0) is 67.6 Å². The zero-order valence-electron chi connectivity index (χ0n) is 12.2. The summed E-state index contributed by atoms with van der Waals surface area (Å²) in [6.07, 6.45) is 7.15. The Kier molecular flexibility index (Phi) is 5.75. The Bertz CT molecular complexity index is 421. The van der Waals surface area contributed by atoms with Crippen molar-refractivity contribution in [3.8, 4) is 0 Å². The van der Waals surface area contributed by atoms with Crippen LogP contribution in [0.4, 0.5) is 8.78 Å². The van der Waals surface area contributed by atoms with Gasteiger partial charge >= 0.3 is 0 Å². The minimum Gasteiger partial charge on any atom is -0.174 e. The molecule has 1 aliphatic carbocycles. The maximum atomic E-state index is 12.0. The van der Waals surface area contributed by atoms with Gasteiger partial charge in [0.05, 0.1) is 0 Å². The van der Waals surface area contributed by atoms with E-state index in [9.17, 15) is 8.78 Å². The Morgan fingerprint density at radius 1 is 1.10 bits per heavy atom. The summed E-state index contributed by atoms with van der Waals surface area (Å²) in [6.45, 7) is 2.29. The van der Waals surface area contributed by atoms with Crippen LogP contribution in [0.1, 0.15) is 62.5 Å². The van der Waals surface area contributed by atoms with Gasteiger partial charge in [0.2, 0.25) is 0 Å². The predicted molar refractivity (Wildman–Crippen MR) is 80.1 cm³/mol. The second-order valence-corrected chi connectivity index (χ2v) is 5.90. The first kappa shape index (κ1) is 15.2. The number of hydrogen-bond donors (Lipinski definition) is 0. The first-order valence-electron chi connectivity index (χ1n) is 7.79. The van der Waals surface area contributed by atoms with Gasteiger partial charge in [-0.2, -0.15) is 8.78 Å². The number of benzene rings is 1. The molecule has 0 aliphatic heterocycles. The molecule has 0 saturated heterocycles. The molecule has 1 aromatic rings. The molecular formula is C18H24F2. The maximum Gasteiger partial charge on any atom is 0.266 e. The highest BCUT2D eigenvalue weighted by Crippen LogP contribution is 2.36. The van der Waals surface area contributed by atoms with Crippen molar-refractivity contribution in [2.24, 2.45) is 5.92 Å². The largest absolute Gasteiger partial charge is 0.266 e. The molecular weight excluding hydrogens is 254 g/mol. The highest BCUT2D eigenvalue weighted by Gasteiger charge is 2.20. The monoisotopic (exact) mass is 278 g/mol. The molecule has 1 fully saturated rings. The summed E-state index contributed by atoms with van der Waals surface area (Å²) in [5.74, 6) is 1.63. The van der Waals surface area contributed by atoms with Gasteiger partial charge in [0, 0.05) is 0 Å². The van der Waals surface area contributed by atoms with Gasteiger partial charge in [-0.15, -0.1) is 0 Å². The van der Waals surface area contributed by atoms with Gasteiger partial charge in [-0.1, -0.05) is 37.6 Å². The highest BCUT2D eigenvalue weighted by atomic mass is 19.3. The number of aryl methyl sites for hydroxylation is 1. The van der Waals surface area contributed by atoms with E-state index in [1.165, 1.54) is 37.7 Å². The van der Waals surface area contributed by atoms with Crippen LogP contribution < -0.4 is 0 Å². The van der Waals surface area contributed by atoms with Gasteiger partial charge < -0.3 is 0 Å². The number of allylic oxidation sites excluding steroid dienone is 1. The number of rotatable bonds is 5. The van der Waals surface area contributed by atoms with E-state index in [-0.39, 0.29) is 0 Å². The van der Waals surface area contributed by atoms with Crippen LogP contribution in [0.3, 0.4) is 0 Å². The molecule has 0 N–H and O–H groups in total. The summed E-state index contributed by atoms with van der Waals surface area (Å²) in [4.78, 5) is 0. The number of halogens is 2. The van der Waals surface area contributed by atoms with Crippen molar-refractivity contribution in [1.82, 2.24) is 0 Å². The molecule has 1 aromatic carbocycles. The van der Waals surface area contributed by atoms with Crippen molar-refractivity contribution < 1.29 is 8.78 Å². The van der Waals surface area contributed by atoms with E-state index in [0.29, 0.717) is 18.8 Å². The Hall–Kier alpha value is -1.18. The van der Waals surface area contributed by atoms with Crippen molar-refractivity contribution in [3.05, 3.63) is 47.5 Å². The van der Waals surface area contributed by atoms with E-state index >= 15 is 0 Å². The molecule has 20 heavy (non-hydrogen) atoms. The second-order valence-electron chi connectivity index (χ2n) is 5.90. The van der Waals surface area contributed by atoms with Gasteiger partial charge in [-0.25, -0.2) is 0 Å². The molecule has 0 radical (unpaired) electrons. The summed E-state index contributed by atoms with van der Waals surface area (Å²) in [7, 11) is 0. The van der Waals surface area contributed by atoms with Crippen molar-refractivity contribution in [1.29, 1.82) is 0 Å². The average Bonchev–Trinajstić information content (AvgIpc) is 2.48. The Balaban J connectivity index is 1.87. The van der Waals surface area contributed by atoms with Gasteiger partial charge in [0.15, 0.2) is 0 Å². The van der Waals surface area contributed by atoms with Crippen LogP contribution in [0.25, 0.3) is 0 Å². The molecule has 0 nitrogen and oxygen atoms in total. The van der Waals surface area contributed by atoms with Crippen molar-refractivity contribution in [2.75, 3.05) is 0 Å². The standard InChI is InChI=1S/C18H24F2/c1-2-14-6-10-16(11-7-14)17-12-8-15(9-13-17)4-3-5-18(19)20/h5,8-9,12-14,16H,2-4,6-7,10-11H2,1H3/t14-,16-. The van der Waals surface area contributed by atoms with Crippen LogP contribution in [-0.2, 0) is 6.42 Å². The lowest BCUT2D eigenvalue weighted by molar-refractivity contribution is 0.319. The molecule has 0 heterocycles. The van der Waals surface area contributed by atoms with Crippen molar-refractivity contribution in [2.45, 2.75) is 57.8 Å². The Morgan fingerprint density at radius 3 is 2.30 bits per heavy atom. The normalized spacial score (nSPS) is 22.6. The van der Waals surface area contributed by atoms with Crippen molar-refractivity contribution >= 4 is 0 Å². The Morgan fingerprint density at radius 2 is 1.75 bits per heavy atom. The lowest BCUT2D eigenvalue weighted by Crippen LogP contribution is -2.12. The molecule has 110 valence electrons. The minimum absolute atomic E-state index is 0.420. The van der Waals surface area contributed by atoms with E-state index < -0.39 is 6.08 Å². The quantitative estimate of drug-likeness (QED) is 0.612. The van der Waals surface area contributed by atoms with Gasteiger partial charge in [-0.3, -0.25) is 0 Å². The lowest BCUT2D eigenvalue weighted by Gasteiger charge is -2.28. The third-order valence-electron chi connectivity index (χ3n) is 4.61. The van der Waals surface area contributed by atoms with E-state index in [1.54, 1.807) is 0 Å². The number of hydrogen-bond acceptors (Lipinski definition) is 0. The second kappa shape index (κ2) is 7.56. The van der Waals surface area contributed by atoms with E-state index in [4.69, 9.17) is 0 Å². The molecule has 0 aromatic heterocycles. The van der Waals surface area contributed by atoms with Crippen LogP contribution in [0.15, 0.2) is 36.4 Å². The fraction of sp³-hybridized carbons (Fsp3) is 0.556. The van der Waals surface area contributed by atoms with E-state index in [2.05, 4.69) is 31.2 Å². The topological polar surface area (TPSA) is 0 Å². The first-order chi connectivity index (χ1) is 9.69. The molecule has 1 aliphatic rings. The fourth-order valence-electron chi connectivity index (χ4n) is 3.21. The van der Waals surface area contributed by atoms with Crippen LogP contribution in [0.5, 0.6) is 0 Å². The predicted octanol–water partition coefficient (Wildman–Crippen LogP) is 6.08. The van der Waals surface area contributed by atoms with Crippen molar-refractivity contribution in [3.63, 3.8) is 0 Å². The van der Waals surface area contributed by atoms with Gasteiger partial charge in [0.25, 0.3) is 6.08 Å². The summed E-state index contributed by atoms with van der Waals surface area (Å²) in [5, 5.41) is 0. The lowest BCUT2D eigenvalue weighted by atomic mass is 9.78. The first-order valence-corrected chi connectivity index (χ1v) is 7.79. The molecule has 0 amide bonds. The van der Waals surface area contributed by atoms with Crippen LogP contribution in [-0.4, -0.2) is 0 Å². The van der Waals surface area contributed by atoms with E-state index in [0.717, 1.165) is 17.6 Å². The maximum absolute atomic E-state index is 12.0. The minimum atomic E-state index is -1.57. The zero-order chi connectivity index (χ0) is 14.4. The molecule has 0 atom stereocenters. The fourth-order valence-corrected chi connectivity index (χ4v) is 3.21. The SMILES string of the molecule is CC[C@H]1CC[C@H](c2ccc(CCC=C(F)F)cc2)CC1. The molecule has 0 bridgehead atoms. The van der Waals surface area contributed by atoms with Crippen LogP contribution in [0, 0.1) is 5.92 Å². The summed E-state index contributed by atoms with van der Waals surface area (Å²) in [5.41, 5.74) is 2.57. The Labute approximate surface area is 120 Å². The molecule has 2 rings (SSSR count). The van der Waals surface area contributed by atoms with E-state index in [1.807, 2.05) is 0 Å². The third kappa shape index (κ3) is 4.43. The summed E-state index contributed by atoms with van der Waals surface area (Å²) in [6, 6.07) is 8.60. The molecule has 0 spiro atoms. The highest BCUT2D eigenvalue weighted by molar-refractivity contribution is 5.26. The smallest absolute Gasteiger partial charge is 0.174 e. The third-order valence-corrected chi connectivity index (χ3v) is 4.61. The molecule has 1 saturated carbocycles. The zero-order valence-corrected chi connectivity index (χ0v) is 12.2. The van der Waals surface area contributed by atoms with Crippen LogP contribution in [0.2, 0.25) is 0 Å². The molecule has 0 unspecified atom stereocenters. The summed E-state index contributed by atoms with van der Waals surface area (Å²) >= 11 is 0. The summed E-state index contributed by atoms with van der Waals surface area (Å²) < 4.78 is 23.9. The van der Waals surface area contributed by atoms with Crippen LogP contribution >= 0.6 is 0 Å². The molecule has 2 heteroatoms. The van der Waals surface area contributed by atoms with Gasteiger partial charge in [0.1, 0.15) is 0 Å². The average molecular weight is 278 g/mol.